The minimum absolute atomic E-state index is 0.0537. The van der Waals surface area contributed by atoms with Crippen LogP contribution in [0.3, 0.4) is 0 Å². The zero-order valence-corrected chi connectivity index (χ0v) is 21.0. The molecule has 1 saturated heterocycles. The van der Waals surface area contributed by atoms with Crippen molar-refractivity contribution in [2.45, 2.75) is 32.7 Å². The van der Waals surface area contributed by atoms with E-state index >= 15 is 0 Å². The Hall–Kier alpha value is -4.39. The molecule has 3 aromatic carbocycles. The number of halogens is 1. The molecule has 1 aliphatic heterocycles. The average molecular weight is 499 g/mol. The van der Waals surface area contributed by atoms with Gasteiger partial charge in [-0.2, -0.15) is 0 Å². The van der Waals surface area contributed by atoms with E-state index in [0.717, 1.165) is 16.5 Å². The van der Waals surface area contributed by atoms with Gasteiger partial charge in [0.05, 0.1) is 18.7 Å². The highest BCUT2D eigenvalue weighted by Gasteiger charge is 2.48. The number of nitrogens with one attached hydrogen (secondary N) is 1. The molecular formula is C30H27FN2O4. The average Bonchev–Trinajstić information content (AvgIpc) is 3.41. The molecule has 1 aliphatic rings. The summed E-state index contributed by atoms with van der Waals surface area (Å²) in [5.41, 5.74) is 3.59. The number of carbonyl (C=O) groups excluding carboxylic acids is 2. The molecule has 188 valence electrons. The number of nitrogens with zero attached hydrogens (tertiary/aromatic N) is 1. The summed E-state index contributed by atoms with van der Waals surface area (Å²) >= 11 is 0. The maximum Gasteiger partial charge on any atom is 0.300 e. The summed E-state index contributed by atoms with van der Waals surface area (Å²) in [6.45, 7) is 5.82. The van der Waals surface area contributed by atoms with E-state index in [4.69, 9.17) is 4.74 Å². The quantitative estimate of drug-likeness (QED) is 0.190. The van der Waals surface area contributed by atoms with Gasteiger partial charge < -0.3 is 14.8 Å². The number of Topliss-reactive ketones (excluding diaryl/α,β-unsaturated/α-hetero) is 1. The maximum atomic E-state index is 14.2. The van der Waals surface area contributed by atoms with Gasteiger partial charge in [0.2, 0.25) is 0 Å². The number of anilines is 1. The maximum absolute atomic E-state index is 14.2. The first-order valence-electron chi connectivity index (χ1n) is 12.0. The Bertz CT molecular complexity index is 1580. The van der Waals surface area contributed by atoms with Crippen molar-refractivity contribution in [2.75, 3.05) is 12.0 Å². The van der Waals surface area contributed by atoms with Crippen molar-refractivity contribution in [2.24, 2.45) is 0 Å². The van der Waals surface area contributed by atoms with Crippen LogP contribution in [0, 0.1) is 12.7 Å². The fraction of sp³-hybridized carbons (Fsp3) is 0.200. The van der Waals surface area contributed by atoms with Crippen LogP contribution in [-0.2, 0) is 9.59 Å². The summed E-state index contributed by atoms with van der Waals surface area (Å²) in [4.78, 5) is 31.4. The summed E-state index contributed by atoms with van der Waals surface area (Å²) in [6, 6.07) is 15.7. The largest absolute Gasteiger partial charge is 0.507 e. The molecule has 1 amide bonds. The smallest absolute Gasteiger partial charge is 0.300 e. The van der Waals surface area contributed by atoms with Crippen LogP contribution in [0.25, 0.3) is 16.7 Å². The molecule has 0 bridgehead atoms. The molecule has 1 atom stereocenters. The zero-order valence-electron chi connectivity index (χ0n) is 21.0. The molecule has 0 spiro atoms. The Labute approximate surface area is 214 Å². The van der Waals surface area contributed by atoms with E-state index in [2.05, 4.69) is 4.98 Å². The molecule has 7 heteroatoms. The van der Waals surface area contributed by atoms with E-state index in [-0.39, 0.29) is 22.9 Å². The van der Waals surface area contributed by atoms with E-state index in [1.165, 1.54) is 23.1 Å². The predicted molar refractivity (Wildman–Crippen MR) is 141 cm³/mol. The lowest BCUT2D eigenvalue weighted by atomic mass is 9.91. The number of para-hydroxylation sites is 1. The number of benzene rings is 3. The van der Waals surface area contributed by atoms with Gasteiger partial charge in [-0.25, -0.2) is 4.39 Å². The molecule has 6 nitrogen and oxygen atoms in total. The third kappa shape index (κ3) is 3.96. The highest BCUT2D eigenvalue weighted by atomic mass is 19.1. The van der Waals surface area contributed by atoms with Gasteiger partial charge >= 0.3 is 0 Å². The summed E-state index contributed by atoms with van der Waals surface area (Å²) < 4.78 is 19.8. The number of hydrogen-bond acceptors (Lipinski definition) is 4. The minimum atomic E-state index is -0.970. The Morgan fingerprint density at radius 1 is 1.08 bits per heavy atom. The van der Waals surface area contributed by atoms with Crippen LogP contribution in [-0.4, -0.2) is 28.9 Å². The zero-order chi connectivity index (χ0) is 26.4. The highest BCUT2D eigenvalue weighted by molar-refractivity contribution is 6.52. The molecule has 2 N–H and O–H groups in total. The number of amides is 1. The van der Waals surface area contributed by atoms with Crippen molar-refractivity contribution in [1.29, 1.82) is 0 Å². The number of carbonyl (C=O) groups is 2. The Kier molecular flexibility index (Phi) is 6.07. The van der Waals surface area contributed by atoms with Crippen LogP contribution in [0.15, 0.2) is 72.4 Å². The van der Waals surface area contributed by atoms with Gasteiger partial charge in [0.25, 0.3) is 11.7 Å². The molecule has 0 aliphatic carbocycles. The van der Waals surface area contributed by atoms with Gasteiger partial charge in [0.15, 0.2) is 0 Å². The van der Waals surface area contributed by atoms with Crippen LogP contribution in [0.2, 0.25) is 0 Å². The van der Waals surface area contributed by atoms with Gasteiger partial charge in [0.1, 0.15) is 17.3 Å². The van der Waals surface area contributed by atoms with Crippen molar-refractivity contribution >= 4 is 34.0 Å². The number of aromatic amines is 1. The molecule has 5 rings (SSSR count). The van der Waals surface area contributed by atoms with Gasteiger partial charge in [-0.1, -0.05) is 38.1 Å². The summed E-state index contributed by atoms with van der Waals surface area (Å²) in [6.07, 6.45) is 1.72. The Balaban J connectivity index is 1.80. The van der Waals surface area contributed by atoms with Crippen LogP contribution in [0.4, 0.5) is 10.1 Å². The molecule has 0 radical (unpaired) electrons. The molecule has 1 unspecified atom stereocenters. The fourth-order valence-corrected chi connectivity index (χ4v) is 5.07. The third-order valence-corrected chi connectivity index (χ3v) is 6.90. The highest BCUT2D eigenvalue weighted by Crippen LogP contribution is 2.45. The Morgan fingerprint density at radius 3 is 2.54 bits per heavy atom. The molecule has 1 fully saturated rings. The summed E-state index contributed by atoms with van der Waals surface area (Å²) in [5, 5.41) is 12.5. The monoisotopic (exact) mass is 498 g/mol. The van der Waals surface area contributed by atoms with Crippen molar-refractivity contribution in [3.63, 3.8) is 0 Å². The molecule has 37 heavy (non-hydrogen) atoms. The van der Waals surface area contributed by atoms with Gasteiger partial charge in [0, 0.05) is 33.9 Å². The number of methoxy groups -OCH3 is 1. The number of H-pyrrole nitrogens is 1. The second-order valence-electron chi connectivity index (χ2n) is 9.50. The van der Waals surface area contributed by atoms with Gasteiger partial charge in [-0.15, -0.1) is 0 Å². The second-order valence-corrected chi connectivity index (χ2v) is 9.50. The normalized spacial score (nSPS) is 17.2. The first kappa shape index (κ1) is 24.3. The fourth-order valence-electron chi connectivity index (χ4n) is 5.07. The first-order valence-corrected chi connectivity index (χ1v) is 12.0. The number of ether oxygens (including phenoxy) is 1. The predicted octanol–water partition coefficient (Wildman–Crippen LogP) is 6.37. The number of aliphatic hydroxyl groups excluding tert-OH is 1. The van der Waals surface area contributed by atoms with Crippen LogP contribution < -0.4 is 9.64 Å². The number of aliphatic hydroxyl groups is 1. The number of aromatic nitrogens is 1. The SMILES string of the molecule is COc1cc(C)c(/C(O)=C2\C(=O)C(=O)N(c3cccc(F)c3)C2c2c[nH]c3ccccc23)cc1C(C)C. The first-order chi connectivity index (χ1) is 17.7. The molecule has 4 aromatic rings. The number of fused-ring (bicyclic) bond motifs is 1. The van der Waals surface area contributed by atoms with Gasteiger partial charge in [-0.3, -0.25) is 14.5 Å². The number of ketones is 1. The van der Waals surface area contributed by atoms with Crippen molar-refractivity contribution < 1.29 is 23.8 Å². The molecule has 2 heterocycles. The Morgan fingerprint density at radius 2 is 1.84 bits per heavy atom. The molecule has 1 aromatic heterocycles. The molecular weight excluding hydrogens is 471 g/mol. The van der Waals surface area contributed by atoms with Gasteiger partial charge in [-0.05, 0) is 60.4 Å². The summed E-state index contributed by atoms with van der Waals surface area (Å²) in [5.74, 6) is -1.73. The standard InChI is InChI=1S/C30H27FN2O4/c1-16(2)21-14-22(17(3)12-25(21)37-4)28(34)26-27(23-15-32-24-11-6-5-10-20(23)24)33(30(36)29(26)35)19-9-7-8-18(31)13-19/h5-16,27,32,34H,1-4H3/b28-26+. The minimum Gasteiger partial charge on any atom is -0.507 e. The topological polar surface area (TPSA) is 82.6 Å². The number of rotatable bonds is 5. The summed E-state index contributed by atoms with van der Waals surface area (Å²) in [7, 11) is 1.59. The van der Waals surface area contributed by atoms with E-state index in [1.807, 2.05) is 51.1 Å². The van der Waals surface area contributed by atoms with Crippen LogP contribution in [0.1, 0.15) is 48.1 Å². The number of hydrogen-bond donors (Lipinski definition) is 2. The lowest BCUT2D eigenvalue weighted by Gasteiger charge is -2.25. The van der Waals surface area contributed by atoms with E-state index in [9.17, 15) is 19.1 Å². The third-order valence-electron chi connectivity index (χ3n) is 6.90. The number of aryl methyl sites for hydroxylation is 1. The lowest BCUT2D eigenvalue weighted by Crippen LogP contribution is -2.29. The second kappa shape index (κ2) is 9.24. The van der Waals surface area contributed by atoms with Crippen LogP contribution in [0.5, 0.6) is 5.75 Å². The van der Waals surface area contributed by atoms with Crippen molar-refractivity contribution in [3.05, 3.63) is 101 Å². The van der Waals surface area contributed by atoms with Crippen molar-refractivity contribution in [1.82, 2.24) is 4.98 Å². The van der Waals surface area contributed by atoms with Crippen LogP contribution >= 0.6 is 0 Å². The van der Waals surface area contributed by atoms with E-state index < -0.39 is 23.5 Å². The van der Waals surface area contributed by atoms with E-state index in [1.54, 1.807) is 25.4 Å². The molecule has 0 saturated carbocycles. The van der Waals surface area contributed by atoms with Crippen molar-refractivity contribution in [3.8, 4) is 5.75 Å². The lowest BCUT2D eigenvalue weighted by molar-refractivity contribution is -0.132. The van der Waals surface area contributed by atoms with E-state index in [0.29, 0.717) is 22.4 Å².